The Morgan fingerprint density at radius 2 is 1.79 bits per heavy atom. The largest absolute Gasteiger partial charge is 0.334 e. The Kier molecular flexibility index (Phi) is 5.25. The Bertz CT molecular complexity index is 974. The lowest BCUT2D eigenvalue weighted by Gasteiger charge is -2.41. The summed E-state index contributed by atoms with van der Waals surface area (Å²) >= 11 is 3.33. The maximum absolute atomic E-state index is 13.7. The van der Waals surface area contributed by atoms with E-state index in [1.54, 1.807) is 29.2 Å². The van der Waals surface area contributed by atoms with Gasteiger partial charge in [0.25, 0.3) is 17.7 Å². The van der Waals surface area contributed by atoms with Gasteiger partial charge in [0.05, 0.1) is 29.3 Å². The summed E-state index contributed by atoms with van der Waals surface area (Å²) < 4.78 is 14.3. The fraction of sp³-hybridized carbons (Fsp3) is 0.318. The van der Waals surface area contributed by atoms with Crippen LogP contribution in [-0.4, -0.2) is 46.7 Å². The van der Waals surface area contributed by atoms with Gasteiger partial charge in [-0.15, -0.1) is 0 Å². The van der Waals surface area contributed by atoms with Crippen molar-refractivity contribution in [2.45, 2.75) is 25.8 Å². The number of halogens is 2. The first-order valence-corrected chi connectivity index (χ1v) is 10.4. The summed E-state index contributed by atoms with van der Waals surface area (Å²) in [6.45, 7) is 2.65. The Morgan fingerprint density at radius 1 is 1.14 bits per heavy atom. The molecule has 2 heterocycles. The first kappa shape index (κ1) is 19.8. The number of amides is 3. The molecule has 0 saturated carbocycles. The molecule has 3 amide bonds. The predicted molar refractivity (Wildman–Crippen MR) is 109 cm³/mol. The molecule has 150 valence electrons. The molecule has 29 heavy (non-hydrogen) atoms. The highest BCUT2D eigenvalue weighted by atomic mass is 79.9. The van der Waals surface area contributed by atoms with Crippen LogP contribution in [0.1, 0.15) is 50.8 Å². The van der Waals surface area contributed by atoms with Crippen LogP contribution in [0.25, 0.3) is 0 Å². The van der Waals surface area contributed by atoms with E-state index in [0.29, 0.717) is 22.1 Å². The number of imide groups is 1. The topological polar surface area (TPSA) is 57.7 Å². The number of hydrogen-bond donors (Lipinski definition) is 0. The number of likely N-dealkylation sites (tertiary alicyclic amines) is 1. The molecule has 2 aromatic carbocycles. The lowest BCUT2D eigenvalue weighted by atomic mass is 9.89. The van der Waals surface area contributed by atoms with Gasteiger partial charge in [-0.3, -0.25) is 19.3 Å². The standard InChI is InChI=1S/C22H20BrFN2O3/c1-13-5-4-10-25(22(29)17-11-14(24)8-9-18(17)23)19(13)12-26-20(27)15-6-2-3-7-16(15)21(26)28/h2-3,6-9,11,13,19H,4-5,10,12H2,1H3. The van der Waals surface area contributed by atoms with E-state index in [2.05, 4.69) is 15.9 Å². The normalized spacial score (nSPS) is 21.5. The number of rotatable bonds is 3. The first-order valence-electron chi connectivity index (χ1n) is 9.59. The minimum Gasteiger partial charge on any atom is -0.334 e. The van der Waals surface area contributed by atoms with Crippen LogP contribution in [0.15, 0.2) is 46.9 Å². The van der Waals surface area contributed by atoms with E-state index in [9.17, 15) is 18.8 Å². The van der Waals surface area contributed by atoms with Crippen molar-refractivity contribution in [2.24, 2.45) is 5.92 Å². The summed E-state index contributed by atoms with van der Waals surface area (Å²) in [6.07, 6.45) is 1.71. The smallest absolute Gasteiger partial charge is 0.261 e. The molecular weight excluding hydrogens is 439 g/mol. The Morgan fingerprint density at radius 3 is 2.45 bits per heavy atom. The first-order chi connectivity index (χ1) is 13.9. The second kappa shape index (κ2) is 7.71. The maximum atomic E-state index is 13.7. The van der Waals surface area contributed by atoms with Gasteiger partial charge in [-0.2, -0.15) is 0 Å². The molecule has 0 bridgehead atoms. The van der Waals surface area contributed by atoms with Gasteiger partial charge in [0.2, 0.25) is 0 Å². The van der Waals surface area contributed by atoms with Crippen molar-refractivity contribution >= 4 is 33.7 Å². The van der Waals surface area contributed by atoms with Crippen LogP contribution in [0.4, 0.5) is 4.39 Å². The second-order valence-corrected chi connectivity index (χ2v) is 8.43. The highest BCUT2D eigenvalue weighted by molar-refractivity contribution is 9.10. The van der Waals surface area contributed by atoms with Crippen LogP contribution in [0, 0.1) is 11.7 Å². The number of nitrogens with zero attached hydrogens (tertiary/aromatic N) is 2. The molecule has 2 aliphatic rings. The SMILES string of the molecule is CC1CCCN(C(=O)c2cc(F)ccc2Br)C1CN1C(=O)c2ccccc2C1=O. The van der Waals surface area contributed by atoms with Gasteiger partial charge in [-0.1, -0.05) is 19.1 Å². The molecule has 1 fully saturated rings. The van der Waals surface area contributed by atoms with Crippen LogP contribution in [-0.2, 0) is 0 Å². The van der Waals surface area contributed by atoms with E-state index in [1.807, 2.05) is 6.92 Å². The highest BCUT2D eigenvalue weighted by Crippen LogP contribution is 2.30. The molecule has 2 atom stereocenters. The summed E-state index contributed by atoms with van der Waals surface area (Å²) in [6, 6.07) is 10.4. The van der Waals surface area contributed by atoms with Crippen molar-refractivity contribution in [3.8, 4) is 0 Å². The lowest BCUT2D eigenvalue weighted by Crippen LogP contribution is -2.54. The van der Waals surface area contributed by atoms with Crippen molar-refractivity contribution in [3.05, 3.63) is 69.4 Å². The molecule has 0 N–H and O–H groups in total. The molecule has 4 rings (SSSR count). The zero-order valence-corrected chi connectivity index (χ0v) is 17.5. The van der Waals surface area contributed by atoms with E-state index in [1.165, 1.54) is 23.1 Å². The molecule has 7 heteroatoms. The van der Waals surface area contributed by atoms with Crippen LogP contribution in [0.5, 0.6) is 0 Å². The van der Waals surface area contributed by atoms with Crippen LogP contribution in [0.3, 0.4) is 0 Å². The fourth-order valence-electron chi connectivity index (χ4n) is 4.19. The zero-order chi connectivity index (χ0) is 20.7. The zero-order valence-electron chi connectivity index (χ0n) is 15.9. The molecule has 0 aliphatic carbocycles. The number of fused-ring (bicyclic) bond motifs is 1. The third-order valence-corrected chi connectivity index (χ3v) is 6.47. The number of benzene rings is 2. The van der Waals surface area contributed by atoms with Gasteiger partial charge >= 0.3 is 0 Å². The quantitative estimate of drug-likeness (QED) is 0.649. The van der Waals surface area contributed by atoms with E-state index in [0.717, 1.165) is 12.8 Å². The fourth-order valence-corrected chi connectivity index (χ4v) is 4.60. The molecule has 2 unspecified atom stereocenters. The molecule has 2 aliphatic heterocycles. The van der Waals surface area contributed by atoms with E-state index >= 15 is 0 Å². The van der Waals surface area contributed by atoms with Gasteiger partial charge in [-0.05, 0) is 65.0 Å². The minimum atomic E-state index is -0.487. The number of carbonyl (C=O) groups is 3. The average Bonchev–Trinajstić information content (AvgIpc) is 2.96. The van der Waals surface area contributed by atoms with Crippen molar-refractivity contribution in [3.63, 3.8) is 0 Å². The van der Waals surface area contributed by atoms with Crippen molar-refractivity contribution in [2.75, 3.05) is 13.1 Å². The predicted octanol–water partition coefficient (Wildman–Crippen LogP) is 4.13. The van der Waals surface area contributed by atoms with Crippen LogP contribution >= 0.6 is 15.9 Å². The third kappa shape index (κ3) is 3.48. The summed E-state index contributed by atoms with van der Waals surface area (Å²) in [4.78, 5) is 41.7. The maximum Gasteiger partial charge on any atom is 0.261 e. The monoisotopic (exact) mass is 458 g/mol. The third-order valence-electron chi connectivity index (χ3n) is 5.78. The van der Waals surface area contributed by atoms with Crippen LogP contribution in [0.2, 0.25) is 0 Å². The van der Waals surface area contributed by atoms with Crippen molar-refractivity contribution in [1.82, 2.24) is 9.80 Å². The average molecular weight is 459 g/mol. The minimum absolute atomic E-state index is 0.101. The van der Waals surface area contributed by atoms with Gasteiger partial charge in [-0.25, -0.2) is 4.39 Å². The number of piperidine rings is 1. The number of carbonyl (C=O) groups excluding carboxylic acids is 3. The lowest BCUT2D eigenvalue weighted by molar-refractivity contribution is 0.0368. The molecular formula is C22H20BrFN2O3. The van der Waals surface area contributed by atoms with Crippen molar-refractivity contribution < 1.29 is 18.8 Å². The highest BCUT2D eigenvalue weighted by Gasteiger charge is 2.41. The molecule has 1 saturated heterocycles. The molecule has 0 radical (unpaired) electrons. The van der Waals surface area contributed by atoms with Gasteiger partial charge in [0.1, 0.15) is 5.82 Å². The van der Waals surface area contributed by atoms with Crippen molar-refractivity contribution in [1.29, 1.82) is 0 Å². The molecule has 0 aromatic heterocycles. The molecule has 2 aromatic rings. The molecule has 5 nitrogen and oxygen atoms in total. The molecule has 0 spiro atoms. The summed E-state index contributed by atoms with van der Waals surface area (Å²) in [5.74, 6) is -1.35. The summed E-state index contributed by atoms with van der Waals surface area (Å²) in [5.41, 5.74) is 1.03. The Labute approximate surface area is 176 Å². The Hall–Kier alpha value is -2.54. The Balaban J connectivity index is 1.63. The van der Waals surface area contributed by atoms with E-state index in [-0.39, 0.29) is 41.8 Å². The van der Waals surface area contributed by atoms with E-state index in [4.69, 9.17) is 0 Å². The van der Waals surface area contributed by atoms with Crippen LogP contribution < -0.4 is 0 Å². The van der Waals surface area contributed by atoms with Gasteiger partial charge in [0.15, 0.2) is 0 Å². The summed E-state index contributed by atoms with van der Waals surface area (Å²) in [7, 11) is 0. The second-order valence-electron chi connectivity index (χ2n) is 7.58. The van der Waals surface area contributed by atoms with E-state index < -0.39 is 5.82 Å². The van der Waals surface area contributed by atoms with Gasteiger partial charge in [0, 0.05) is 11.0 Å². The van der Waals surface area contributed by atoms with Gasteiger partial charge < -0.3 is 4.90 Å². The summed E-state index contributed by atoms with van der Waals surface area (Å²) in [5, 5.41) is 0. The number of hydrogen-bond acceptors (Lipinski definition) is 3.